The average Bonchev–Trinajstić information content (AvgIpc) is 2.78. The van der Waals surface area contributed by atoms with Crippen LogP contribution in [0.25, 0.3) is 0 Å². The minimum Gasteiger partial charge on any atom is -0.376 e. The van der Waals surface area contributed by atoms with Crippen molar-refractivity contribution in [2.75, 3.05) is 18.5 Å². The Morgan fingerprint density at radius 1 is 1.47 bits per heavy atom. The second-order valence-electron chi connectivity index (χ2n) is 3.91. The molecule has 0 radical (unpaired) electrons. The van der Waals surface area contributed by atoms with Crippen molar-refractivity contribution in [1.82, 2.24) is 4.98 Å². The Bertz CT molecular complexity index is 375. The molecule has 1 fully saturated rings. The van der Waals surface area contributed by atoms with Gasteiger partial charge in [0.2, 0.25) is 0 Å². The lowest BCUT2D eigenvalue weighted by Gasteiger charge is -2.15. The van der Waals surface area contributed by atoms with Crippen LogP contribution in [-0.4, -0.2) is 24.2 Å². The van der Waals surface area contributed by atoms with E-state index in [1.165, 1.54) is 12.3 Å². The summed E-state index contributed by atoms with van der Waals surface area (Å²) >= 11 is 0. The van der Waals surface area contributed by atoms with E-state index in [1.807, 2.05) is 0 Å². The Morgan fingerprint density at radius 3 is 2.94 bits per heavy atom. The maximum atomic E-state index is 12.6. The van der Waals surface area contributed by atoms with E-state index in [9.17, 15) is 13.2 Å². The summed E-state index contributed by atoms with van der Waals surface area (Å²) in [6.45, 7) is 1.04. The van der Waals surface area contributed by atoms with Gasteiger partial charge in [0.15, 0.2) is 0 Å². The molecule has 1 atom stereocenters. The molecule has 1 aliphatic rings. The Balaban J connectivity index is 2.04. The van der Waals surface area contributed by atoms with Crippen LogP contribution >= 0.6 is 0 Å². The number of anilines is 1. The van der Waals surface area contributed by atoms with Crippen LogP contribution in [0.4, 0.5) is 19.0 Å². The van der Waals surface area contributed by atoms with Crippen molar-refractivity contribution in [3.63, 3.8) is 0 Å². The number of aromatic nitrogens is 1. The van der Waals surface area contributed by atoms with Gasteiger partial charge in [0.25, 0.3) is 0 Å². The quantitative estimate of drug-likeness (QED) is 0.890. The normalized spacial score (nSPS) is 20.5. The minimum absolute atomic E-state index is 0.0157. The van der Waals surface area contributed by atoms with E-state index in [0.717, 1.165) is 18.9 Å². The summed E-state index contributed by atoms with van der Waals surface area (Å²) < 4.78 is 43.2. The summed E-state index contributed by atoms with van der Waals surface area (Å²) in [5.41, 5.74) is -0.738. The predicted molar refractivity (Wildman–Crippen MR) is 56.7 cm³/mol. The summed E-state index contributed by atoms with van der Waals surface area (Å²) in [5, 5.41) is 2.71. The highest BCUT2D eigenvalue weighted by molar-refractivity contribution is 5.45. The van der Waals surface area contributed by atoms with E-state index in [-0.39, 0.29) is 11.9 Å². The van der Waals surface area contributed by atoms with Gasteiger partial charge in [0.05, 0.1) is 11.7 Å². The van der Waals surface area contributed by atoms with Crippen molar-refractivity contribution in [3.8, 4) is 0 Å². The van der Waals surface area contributed by atoms with Gasteiger partial charge >= 0.3 is 6.18 Å². The van der Waals surface area contributed by atoms with Crippen LogP contribution in [-0.2, 0) is 10.9 Å². The van der Waals surface area contributed by atoms with E-state index < -0.39 is 11.7 Å². The molecule has 2 rings (SSSR count). The molecule has 0 saturated carbocycles. The molecule has 0 bridgehead atoms. The van der Waals surface area contributed by atoms with Crippen molar-refractivity contribution < 1.29 is 17.9 Å². The number of alkyl halides is 3. The Labute approximate surface area is 97.0 Å². The standard InChI is InChI=1S/C11H13F3N2O/c12-11(13,14)9-4-1-5-15-10(9)16-7-8-3-2-6-17-8/h1,4-5,8H,2-3,6-7H2,(H,15,16)/t8-/m1/s1. The first-order valence-corrected chi connectivity index (χ1v) is 5.45. The van der Waals surface area contributed by atoms with Crippen molar-refractivity contribution in [3.05, 3.63) is 23.9 Å². The van der Waals surface area contributed by atoms with Crippen LogP contribution in [0.1, 0.15) is 18.4 Å². The van der Waals surface area contributed by atoms with Crippen LogP contribution in [0.3, 0.4) is 0 Å². The highest BCUT2D eigenvalue weighted by atomic mass is 19.4. The fourth-order valence-electron chi connectivity index (χ4n) is 1.79. The zero-order chi connectivity index (χ0) is 12.3. The van der Waals surface area contributed by atoms with E-state index >= 15 is 0 Å². The topological polar surface area (TPSA) is 34.2 Å². The molecule has 94 valence electrons. The average molecular weight is 246 g/mol. The van der Waals surface area contributed by atoms with Crippen molar-refractivity contribution in [1.29, 1.82) is 0 Å². The Kier molecular flexibility index (Phi) is 3.51. The molecule has 1 aromatic rings. The van der Waals surface area contributed by atoms with Gasteiger partial charge in [-0.3, -0.25) is 0 Å². The second kappa shape index (κ2) is 4.91. The predicted octanol–water partition coefficient (Wildman–Crippen LogP) is 2.69. The molecule has 6 heteroatoms. The Morgan fingerprint density at radius 2 is 2.29 bits per heavy atom. The van der Waals surface area contributed by atoms with Gasteiger partial charge < -0.3 is 10.1 Å². The summed E-state index contributed by atoms with van der Waals surface area (Å²) in [7, 11) is 0. The van der Waals surface area contributed by atoms with E-state index in [4.69, 9.17) is 4.74 Å². The maximum absolute atomic E-state index is 12.6. The first kappa shape index (κ1) is 12.2. The first-order valence-electron chi connectivity index (χ1n) is 5.45. The van der Waals surface area contributed by atoms with Gasteiger partial charge in [-0.05, 0) is 25.0 Å². The lowest BCUT2D eigenvalue weighted by molar-refractivity contribution is -0.137. The molecule has 0 aromatic carbocycles. The molecule has 1 aliphatic heterocycles. The van der Waals surface area contributed by atoms with Crippen LogP contribution in [0.15, 0.2) is 18.3 Å². The van der Waals surface area contributed by atoms with Crippen LogP contribution < -0.4 is 5.32 Å². The van der Waals surface area contributed by atoms with Gasteiger partial charge in [-0.25, -0.2) is 4.98 Å². The fourth-order valence-corrected chi connectivity index (χ4v) is 1.79. The summed E-state index contributed by atoms with van der Waals surface area (Å²) in [4.78, 5) is 3.72. The number of hydrogen-bond donors (Lipinski definition) is 1. The minimum atomic E-state index is -4.38. The van der Waals surface area contributed by atoms with Crippen LogP contribution in [0.5, 0.6) is 0 Å². The zero-order valence-electron chi connectivity index (χ0n) is 9.13. The third kappa shape index (κ3) is 3.09. The second-order valence-corrected chi connectivity index (χ2v) is 3.91. The highest BCUT2D eigenvalue weighted by Gasteiger charge is 2.34. The first-order chi connectivity index (χ1) is 8.07. The molecule has 1 N–H and O–H groups in total. The third-order valence-corrected chi connectivity index (χ3v) is 2.63. The molecule has 0 aliphatic carbocycles. The molecule has 0 unspecified atom stereocenters. The summed E-state index contributed by atoms with van der Waals surface area (Å²) in [5.74, 6) is -0.129. The molecular formula is C11H13F3N2O. The number of halogens is 3. The maximum Gasteiger partial charge on any atom is 0.419 e. The van der Waals surface area contributed by atoms with Crippen LogP contribution in [0.2, 0.25) is 0 Å². The number of nitrogens with one attached hydrogen (secondary N) is 1. The molecular weight excluding hydrogens is 233 g/mol. The zero-order valence-corrected chi connectivity index (χ0v) is 9.13. The molecule has 1 aromatic heterocycles. The molecule has 0 amide bonds. The van der Waals surface area contributed by atoms with E-state index in [0.29, 0.717) is 13.2 Å². The van der Waals surface area contributed by atoms with Gasteiger partial charge in [0.1, 0.15) is 5.82 Å². The smallest absolute Gasteiger partial charge is 0.376 e. The van der Waals surface area contributed by atoms with Crippen LogP contribution in [0, 0.1) is 0 Å². The lowest BCUT2D eigenvalue weighted by atomic mass is 10.2. The van der Waals surface area contributed by atoms with Gasteiger partial charge in [-0.15, -0.1) is 0 Å². The molecule has 2 heterocycles. The summed E-state index contributed by atoms with van der Waals surface area (Å²) in [6, 6.07) is 2.30. The van der Waals surface area contributed by atoms with E-state index in [1.54, 1.807) is 0 Å². The van der Waals surface area contributed by atoms with Gasteiger partial charge in [-0.1, -0.05) is 0 Å². The van der Waals surface area contributed by atoms with Crippen molar-refractivity contribution in [2.24, 2.45) is 0 Å². The van der Waals surface area contributed by atoms with E-state index in [2.05, 4.69) is 10.3 Å². The molecule has 0 spiro atoms. The SMILES string of the molecule is FC(F)(F)c1cccnc1NC[C@H]1CCCO1. The number of ether oxygens (including phenoxy) is 1. The van der Waals surface area contributed by atoms with Crippen molar-refractivity contribution >= 4 is 5.82 Å². The number of pyridine rings is 1. The number of nitrogens with zero attached hydrogens (tertiary/aromatic N) is 1. The fraction of sp³-hybridized carbons (Fsp3) is 0.545. The molecule has 1 saturated heterocycles. The molecule has 17 heavy (non-hydrogen) atoms. The number of rotatable bonds is 3. The largest absolute Gasteiger partial charge is 0.419 e. The highest BCUT2D eigenvalue weighted by Crippen LogP contribution is 2.33. The summed E-state index contributed by atoms with van der Waals surface area (Å²) in [6.07, 6.45) is -1.22. The van der Waals surface area contributed by atoms with Gasteiger partial charge in [0, 0.05) is 19.3 Å². The van der Waals surface area contributed by atoms with Crippen molar-refractivity contribution in [2.45, 2.75) is 25.1 Å². The number of hydrogen-bond acceptors (Lipinski definition) is 3. The monoisotopic (exact) mass is 246 g/mol. The third-order valence-electron chi connectivity index (χ3n) is 2.63. The lowest BCUT2D eigenvalue weighted by Crippen LogP contribution is -2.21. The Hall–Kier alpha value is -1.30. The van der Waals surface area contributed by atoms with Gasteiger partial charge in [-0.2, -0.15) is 13.2 Å². The molecule has 3 nitrogen and oxygen atoms in total.